The topological polar surface area (TPSA) is 33.5 Å². The summed E-state index contributed by atoms with van der Waals surface area (Å²) in [6.07, 6.45) is 6.48. The van der Waals surface area contributed by atoms with Crippen molar-refractivity contribution in [2.75, 3.05) is 0 Å². The van der Waals surface area contributed by atoms with Gasteiger partial charge < -0.3 is 0 Å². The van der Waals surface area contributed by atoms with Crippen molar-refractivity contribution in [2.45, 2.75) is 73.9 Å². The van der Waals surface area contributed by atoms with Crippen LogP contribution in [0.5, 0.6) is 0 Å². The van der Waals surface area contributed by atoms with Crippen LogP contribution < -0.4 is 9.13 Å². The van der Waals surface area contributed by atoms with E-state index in [0.29, 0.717) is 16.7 Å². The first-order valence-electron chi connectivity index (χ1n) is 35.3. The Balaban J connectivity index is 0.000000154. The quantitative estimate of drug-likeness (QED) is 0.114. The van der Waals surface area contributed by atoms with Crippen LogP contribution in [0.15, 0.2) is 280 Å². The minimum atomic E-state index is -2.37. The van der Waals surface area contributed by atoms with E-state index in [1.807, 2.05) is 190 Å². The fourth-order valence-corrected chi connectivity index (χ4v) is 10.1. The van der Waals surface area contributed by atoms with E-state index in [4.69, 9.17) is 17.8 Å². The molecule has 8 aromatic carbocycles. The van der Waals surface area contributed by atoms with E-state index in [1.54, 1.807) is 49.6 Å². The molecule has 0 aliphatic rings. The van der Waals surface area contributed by atoms with Gasteiger partial charge in [0.25, 0.3) is 0 Å². The van der Waals surface area contributed by atoms with Crippen LogP contribution in [0.25, 0.3) is 89.5 Å². The number of pyridine rings is 4. The maximum Gasteiger partial charge on any atom is 0.213 e. The molecular weight excluding hydrogens is 1040 g/mol. The predicted molar refractivity (Wildman–Crippen MR) is 363 cm³/mol. The lowest BCUT2D eigenvalue weighted by atomic mass is 9.98. The Labute approximate surface area is 531 Å². The zero-order valence-corrected chi connectivity index (χ0v) is 50.1. The molecule has 4 heterocycles. The maximum absolute atomic E-state index is 8.17. The monoisotopic (exact) mass is 1140 g/mol. The fourth-order valence-electron chi connectivity index (χ4n) is 10.1. The third-order valence-electron chi connectivity index (χ3n) is 14.9. The smallest absolute Gasteiger partial charge is 0.213 e. The third-order valence-corrected chi connectivity index (χ3v) is 14.9. The normalized spacial score (nSPS) is 14.9. The Morgan fingerprint density at radius 2 is 0.872 bits per heavy atom. The number of hydrogen-bond donors (Lipinski definition) is 0. The van der Waals surface area contributed by atoms with Crippen molar-refractivity contribution in [1.29, 1.82) is 0 Å². The lowest BCUT2D eigenvalue weighted by Crippen LogP contribution is -2.30. The van der Waals surface area contributed by atoms with Crippen LogP contribution >= 0.6 is 0 Å². The molecule has 4 nitrogen and oxygen atoms in total. The van der Waals surface area contributed by atoms with Gasteiger partial charge in [-0.15, -0.1) is 0 Å². The van der Waals surface area contributed by atoms with Crippen LogP contribution in [-0.4, -0.2) is 9.97 Å². The summed E-state index contributed by atoms with van der Waals surface area (Å²) in [5.41, 5.74) is 21.5. The summed E-state index contributed by atoms with van der Waals surface area (Å²) in [7, 11) is 4.07. The Hall–Kier alpha value is -9.64. The van der Waals surface area contributed by atoms with Crippen LogP contribution in [0.1, 0.15) is 91.6 Å². The summed E-state index contributed by atoms with van der Waals surface area (Å²) in [5, 5.41) is 0. The van der Waals surface area contributed by atoms with E-state index >= 15 is 0 Å². The lowest BCUT2D eigenvalue weighted by Gasteiger charge is -2.08. The van der Waals surface area contributed by atoms with Crippen molar-refractivity contribution in [1.82, 2.24) is 9.97 Å². The van der Waals surface area contributed by atoms with Gasteiger partial charge in [-0.25, -0.2) is 9.13 Å². The van der Waals surface area contributed by atoms with Gasteiger partial charge in [0, 0.05) is 76.7 Å². The molecule has 0 N–H and O–H groups in total. The second kappa shape index (κ2) is 29.7. The molecule has 12 rings (SSSR count). The van der Waals surface area contributed by atoms with E-state index in [0.717, 1.165) is 84.0 Å². The highest BCUT2D eigenvalue weighted by molar-refractivity contribution is 5.74. The van der Waals surface area contributed by atoms with Crippen molar-refractivity contribution in [3.8, 4) is 89.5 Å². The van der Waals surface area contributed by atoms with Crippen molar-refractivity contribution >= 4 is 0 Å². The average molecular weight is 1140 g/mol. The fraction of sp³-hybridized carbons (Fsp3) is 0.171. The first kappa shape index (κ1) is 45.7. The van der Waals surface area contributed by atoms with Gasteiger partial charge >= 0.3 is 0 Å². The van der Waals surface area contributed by atoms with Gasteiger partial charge in [0.15, 0.2) is 12.4 Å². The Morgan fingerprint density at radius 1 is 0.419 bits per heavy atom. The van der Waals surface area contributed by atoms with Crippen molar-refractivity contribution in [2.24, 2.45) is 20.0 Å². The minimum absolute atomic E-state index is 0.190. The molecule has 86 heavy (non-hydrogen) atoms. The Bertz CT molecular complexity index is 4530. The Kier molecular flexibility index (Phi) is 15.8. The SMILES string of the molecule is [2H]C([2H])(C)c1cccc(-c2cc[n+](C)c(-c3ccccc3C)c2)c1.[2H]C([2H])([2H])C([2H])(C)Cc1ccc(-c2ccnc(-c3ccccc3)c2)cc1.[2H]C([2H])([2H])C([2H])(C)c1ccc(-c2ccnc(-c3ccccc3)c2)cc1.[2H]C([2H])([2H])c1cccc(-c2cc[n+](C)c(-c3ccccc3C)c2)c1. The highest BCUT2D eigenvalue weighted by Crippen LogP contribution is 2.31. The van der Waals surface area contributed by atoms with Gasteiger partial charge in [-0.05, 0) is 154 Å². The summed E-state index contributed by atoms with van der Waals surface area (Å²) >= 11 is 0. The molecule has 4 aromatic heterocycles. The number of rotatable bonds is 12. The highest BCUT2D eigenvalue weighted by Gasteiger charge is 2.16. The molecule has 0 saturated heterocycles. The van der Waals surface area contributed by atoms with Gasteiger partial charge in [-0.3, -0.25) is 9.97 Å². The zero-order valence-electron chi connectivity index (χ0n) is 63.1. The number of aryl methyl sites for hydroxylation is 6. The molecule has 0 radical (unpaired) electrons. The van der Waals surface area contributed by atoms with Crippen molar-refractivity contribution < 1.29 is 27.0 Å². The molecule has 0 aliphatic carbocycles. The van der Waals surface area contributed by atoms with Crippen molar-refractivity contribution in [3.63, 3.8) is 0 Å². The molecular formula is C82H82N4+2. The van der Waals surface area contributed by atoms with Gasteiger partial charge in [0.2, 0.25) is 11.4 Å². The summed E-state index contributed by atoms with van der Waals surface area (Å²) in [5.74, 6) is -3.12. The third kappa shape index (κ3) is 16.4. The van der Waals surface area contributed by atoms with Gasteiger partial charge in [0.05, 0.1) is 11.4 Å². The molecule has 2 atom stereocenters. The molecule has 0 bridgehead atoms. The van der Waals surface area contributed by atoms with Crippen LogP contribution in [0.2, 0.25) is 0 Å². The standard InChI is InChI=1S/C21H21N.C21H22N.C20H20N.C20H19N/c1-16(2)14-17-8-10-18(11-9-17)20-12-13-22-21(15-20)19-6-4-3-5-7-19;1-4-17-9-7-10-18(14-17)19-12-13-22(3)21(15-19)20-11-6-5-8-16(20)2;1-15-7-6-9-17(13-15)18-11-12-21(3)20(14-18)19-10-5-4-8-16(19)2;1-15(2)16-8-10-17(11-9-16)19-12-13-21-20(14-19)18-6-4-3-5-7-18/h3-13,15-16H,14H2,1-2H3;5-15H,4H2,1-3H3;4-14H,1-3H3;3-15H,1-2H3/q;2*+1;/i1D3,16D;4D2;1D3;1D3,15D. The lowest BCUT2D eigenvalue weighted by molar-refractivity contribution is -0.660. The van der Waals surface area contributed by atoms with E-state index in [1.165, 1.54) is 36.1 Å². The highest BCUT2D eigenvalue weighted by atomic mass is 14.9. The summed E-state index contributed by atoms with van der Waals surface area (Å²) in [4.78, 5) is 8.86. The van der Waals surface area contributed by atoms with Gasteiger partial charge in [-0.2, -0.15) is 0 Å². The molecule has 4 heteroatoms. The predicted octanol–water partition coefficient (Wildman–Crippen LogP) is 20.3. The molecule has 2 unspecified atom stereocenters. The van der Waals surface area contributed by atoms with E-state index in [2.05, 4.69) is 93.7 Å². The molecule has 428 valence electrons. The Morgan fingerprint density at radius 3 is 1.36 bits per heavy atom. The molecule has 0 fully saturated rings. The first-order valence-corrected chi connectivity index (χ1v) is 28.8. The van der Waals surface area contributed by atoms with E-state index in [-0.39, 0.29) is 6.42 Å². The second-order valence-electron chi connectivity index (χ2n) is 21.3. The average Bonchev–Trinajstić information content (AvgIpc) is 0.805. The molecule has 0 spiro atoms. The summed E-state index contributed by atoms with van der Waals surface area (Å²) in [6.45, 7) is 1.93. The number of aromatic nitrogens is 4. The van der Waals surface area contributed by atoms with Gasteiger partial charge in [-0.1, -0.05) is 234 Å². The van der Waals surface area contributed by atoms with Crippen LogP contribution in [0.4, 0.5) is 0 Å². The molecule has 0 saturated carbocycles. The number of nitrogens with zero attached hydrogens (tertiary/aromatic N) is 4. The molecule has 0 amide bonds. The second-order valence-corrected chi connectivity index (χ2v) is 21.3. The van der Waals surface area contributed by atoms with Crippen LogP contribution in [0.3, 0.4) is 0 Å². The van der Waals surface area contributed by atoms with Gasteiger partial charge in [0.1, 0.15) is 14.1 Å². The maximum atomic E-state index is 8.17. The largest absolute Gasteiger partial charge is 0.256 e. The zero-order chi connectivity index (χ0) is 71.5. The first-order chi connectivity index (χ1) is 46.8. The number of hydrogen-bond acceptors (Lipinski definition) is 2. The molecule has 0 aliphatic heterocycles. The van der Waals surface area contributed by atoms with E-state index in [9.17, 15) is 0 Å². The minimum Gasteiger partial charge on any atom is -0.256 e. The summed E-state index contributed by atoms with van der Waals surface area (Å²) in [6, 6.07) is 82.7. The molecule has 12 aromatic rings. The summed E-state index contributed by atoms with van der Waals surface area (Å²) < 4.78 is 104. The van der Waals surface area contributed by atoms with E-state index < -0.39 is 38.7 Å². The van der Waals surface area contributed by atoms with Crippen LogP contribution in [-0.2, 0) is 26.9 Å². The van der Waals surface area contributed by atoms with Crippen molar-refractivity contribution in [3.05, 3.63) is 313 Å². The van der Waals surface area contributed by atoms with Crippen LogP contribution in [0, 0.1) is 26.6 Å². The number of benzene rings is 8.